The molecular weight excluding hydrogens is 260 g/mol. The number of hydrogen-bond acceptors (Lipinski definition) is 4. The summed E-state index contributed by atoms with van der Waals surface area (Å²) in [5.41, 5.74) is 2.44. The third-order valence-electron chi connectivity index (χ3n) is 3.96. The highest BCUT2D eigenvalue weighted by Gasteiger charge is 2.25. The van der Waals surface area contributed by atoms with E-state index >= 15 is 0 Å². The standard InChI is InChI=1S/C17H22N4/c1-3-18-17-19-13(2)11-16(20-17)21-10-9-15(12-21)14-7-5-4-6-8-14/h4-8,11,15H,3,9-10,12H2,1-2H3,(H,18,19,20). The number of aryl methyl sites for hydroxylation is 1. The fourth-order valence-corrected chi connectivity index (χ4v) is 2.92. The summed E-state index contributed by atoms with van der Waals surface area (Å²) < 4.78 is 0. The van der Waals surface area contributed by atoms with E-state index < -0.39 is 0 Å². The van der Waals surface area contributed by atoms with Gasteiger partial charge in [0.2, 0.25) is 5.95 Å². The highest BCUT2D eigenvalue weighted by Crippen LogP contribution is 2.30. The van der Waals surface area contributed by atoms with Crippen LogP contribution in [0.2, 0.25) is 0 Å². The first-order chi connectivity index (χ1) is 10.3. The molecule has 3 rings (SSSR count). The monoisotopic (exact) mass is 282 g/mol. The van der Waals surface area contributed by atoms with Crippen LogP contribution in [0.15, 0.2) is 36.4 Å². The number of aromatic nitrogens is 2. The molecule has 1 aromatic carbocycles. The minimum atomic E-state index is 0.601. The lowest BCUT2D eigenvalue weighted by Crippen LogP contribution is -2.21. The lowest BCUT2D eigenvalue weighted by molar-refractivity contribution is 0.774. The van der Waals surface area contributed by atoms with Crippen molar-refractivity contribution in [2.75, 3.05) is 29.9 Å². The van der Waals surface area contributed by atoms with Gasteiger partial charge in [0, 0.05) is 37.3 Å². The first-order valence-electron chi connectivity index (χ1n) is 7.65. The third-order valence-corrected chi connectivity index (χ3v) is 3.96. The van der Waals surface area contributed by atoms with Gasteiger partial charge in [0.15, 0.2) is 0 Å². The maximum absolute atomic E-state index is 4.64. The summed E-state index contributed by atoms with van der Waals surface area (Å²) in [7, 11) is 0. The van der Waals surface area contributed by atoms with Crippen molar-refractivity contribution in [2.45, 2.75) is 26.2 Å². The topological polar surface area (TPSA) is 41.1 Å². The summed E-state index contributed by atoms with van der Waals surface area (Å²) in [4.78, 5) is 11.4. The number of nitrogens with one attached hydrogen (secondary N) is 1. The van der Waals surface area contributed by atoms with Crippen molar-refractivity contribution >= 4 is 11.8 Å². The highest BCUT2D eigenvalue weighted by molar-refractivity contribution is 5.46. The van der Waals surface area contributed by atoms with Crippen molar-refractivity contribution < 1.29 is 0 Å². The Morgan fingerprint density at radius 2 is 2.05 bits per heavy atom. The average molecular weight is 282 g/mol. The Hall–Kier alpha value is -2.10. The van der Waals surface area contributed by atoms with Crippen LogP contribution in [0.3, 0.4) is 0 Å². The Morgan fingerprint density at radius 1 is 1.24 bits per heavy atom. The number of anilines is 2. The Balaban J connectivity index is 1.77. The Bertz CT molecular complexity index is 597. The van der Waals surface area contributed by atoms with E-state index in [9.17, 15) is 0 Å². The number of rotatable bonds is 4. The Kier molecular flexibility index (Phi) is 4.04. The van der Waals surface area contributed by atoms with E-state index in [1.165, 1.54) is 12.0 Å². The van der Waals surface area contributed by atoms with Gasteiger partial charge >= 0.3 is 0 Å². The maximum atomic E-state index is 4.64. The van der Waals surface area contributed by atoms with Crippen LogP contribution in [-0.4, -0.2) is 29.6 Å². The quantitative estimate of drug-likeness (QED) is 0.935. The third kappa shape index (κ3) is 3.15. The molecule has 1 aliphatic heterocycles. The van der Waals surface area contributed by atoms with Gasteiger partial charge in [-0.05, 0) is 25.8 Å². The molecule has 4 heteroatoms. The maximum Gasteiger partial charge on any atom is 0.224 e. The molecule has 1 aliphatic rings. The molecule has 0 aliphatic carbocycles. The van der Waals surface area contributed by atoms with Gasteiger partial charge in [0.05, 0.1) is 0 Å². The minimum Gasteiger partial charge on any atom is -0.356 e. The second-order valence-corrected chi connectivity index (χ2v) is 5.56. The lowest BCUT2D eigenvalue weighted by Gasteiger charge is -2.19. The molecule has 1 aromatic heterocycles. The lowest BCUT2D eigenvalue weighted by atomic mass is 9.99. The molecule has 0 saturated carbocycles. The van der Waals surface area contributed by atoms with Crippen LogP contribution in [0, 0.1) is 6.92 Å². The molecule has 2 heterocycles. The van der Waals surface area contributed by atoms with Crippen LogP contribution in [0.4, 0.5) is 11.8 Å². The summed E-state index contributed by atoms with van der Waals surface area (Å²) in [6.07, 6.45) is 1.18. The molecule has 1 fully saturated rings. The zero-order valence-corrected chi connectivity index (χ0v) is 12.7. The van der Waals surface area contributed by atoms with Gasteiger partial charge in [-0.3, -0.25) is 0 Å². The second-order valence-electron chi connectivity index (χ2n) is 5.56. The van der Waals surface area contributed by atoms with Crippen LogP contribution in [0.25, 0.3) is 0 Å². The van der Waals surface area contributed by atoms with Crippen molar-refractivity contribution in [3.05, 3.63) is 47.7 Å². The zero-order valence-electron chi connectivity index (χ0n) is 12.7. The van der Waals surface area contributed by atoms with Gasteiger partial charge in [0.25, 0.3) is 0 Å². The molecule has 1 unspecified atom stereocenters. The molecule has 0 amide bonds. The molecule has 1 saturated heterocycles. The van der Waals surface area contributed by atoms with E-state index in [1.54, 1.807) is 0 Å². The first-order valence-corrected chi connectivity index (χ1v) is 7.65. The summed E-state index contributed by atoms with van der Waals surface area (Å²) >= 11 is 0. The van der Waals surface area contributed by atoms with E-state index in [0.717, 1.165) is 37.1 Å². The molecule has 21 heavy (non-hydrogen) atoms. The Labute approximate surface area is 126 Å². The van der Waals surface area contributed by atoms with Crippen molar-refractivity contribution in [3.63, 3.8) is 0 Å². The minimum absolute atomic E-state index is 0.601. The van der Waals surface area contributed by atoms with Crippen LogP contribution in [0.1, 0.15) is 30.5 Å². The molecule has 1 N–H and O–H groups in total. The van der Waals surface area contributed by atoms with Gasteiger partial charge < -0.3 is 10.2 Å². The van der Waals surface area contributed by atoms with Crippen LogP contribution in [0.5, 0.6) is 0 Å². The van der Waals surface area contributed by atoms with E-state index in [-0.39, 0.29) is 0 Å². The molecular formula is C17H22N4. The zero-order chi connectivity index (χ0) is 14.7. The molecule has 4 nitrogen and oxygen atoms in total. The highest BCUT2D eigenvalue weighted by atomic mass is 15.2. The molecule has 1 atom stereocenters. The Morgan fingerprint density at radius 3 is 2.81 bits per heavy atom. The molecule has 0 radical (unpaired) electrons. The molecule has 0 bridgehead atoms. The SMILES string of the molecule is CCNc1nc(C)cc(N2CCC(c3ccccc3)C2)n1. The van der Waals surface area contributed by atoms with Gasteiger partial charge in [-0.15, -0.1) is 0 Å². The summed E-state index contributed by atoms with van der Waals surface area (Å²) in [5, 5.41) is 3.21. The van der Waals surface area contributed by atoms with Crippen LogP contribution >= 0.6 is 0 Å². The van der Waals surface area contributed by atoms with E-state index in [4.69, 9.17) is 0 Å². The average Bonchev–Trinajstić information content (AvgIpc) is 2.98. The largest absolute Gasteiger partial charge is 0.356 e. The van der Waals surface area contributed by atoms with Crippen LogP contribution in [-0.2, 0) is 0 Å². The number of benzene rings is 1. The van der Waals surface area contributed by atoms with Crippen molar-refractivity contribution in [2.24, 2.45) is 0 Å². The van der Waals surface area contributed by atoms with Gasteiger partial charge in [-0.2, -0.15) is 4.98 Å². The smallest absolute Gasteiger partial charge is 0.224 e. The predicted octanol–water partition coefficient (Wildman–Crippen LogP) is 3.21. The summed E-state index contributed by atoms with van der Waals surface area (Å²) in [6.45, 7) is 7.02. The van der Waals surface area contributed by atoms with Crippen molar-refractivity contribution in [1.29, 1.82) is 0 Å². The first kappa shape index (κ1) is 13.9. The van der Waals surface area contributed by atoms with Crippen LogP contribution < -0.4 is 10.2 Å². The second kappa shape index (κ2) is 6.12. The molecule has 110 valence electrons. The number of nitrogens with zero attached hydrogens (tertiary/aromatic N) is 3. The van der Waals surface area contributed by atoms with Crippen molar-refractivity contribution in [1.82, 2.24) is 9.97 Å². The molecule has 0 spiro atoms. The predicted molar refractivity (Wildman–Crippen MR) is 86.9 cm³/mol. The van der Waals surface area contributed by atoms with E-state index in [1.807, 2.05) is 6.92 Å². The fraction of sp³-hybridized carbons (Fsp3) is 0.412. The number of hydrogen-bond donors (Lipinski definition) is 1. The summed E-state index contributed by atoms with van der Waals surface area (Å²) in [6, 6.07) is 12.8. The molecule has 2 aromatic rings. The van der Waals surface area contributed by atoms with Gasteiger partial charge in [-0.25, -0.2) is 4.98 Å². The van der Waals surface area contributed by atoms with Gasteiger partial charge in [-0.1, -0.05) is 30.3 Å². The normalized spacial score (nSPS) is 18.0. The van der Waals surface area contributed by atoms with E-state index in [0.29, 0.717) is 5.92 Å². The van der Waals surface area contributed by atoms with Gasteiger partial charge in [0.1, 0.15) is 5.82 Å². The van der Waals surface area contributed by atoms with Crippen molar-refractivity contribution in [3.8, 4) is 0 Å². The van der Waals surface area contributed by atoms with E-state index in [2.05, 4.69) is 63.5 Å². The fourth-order valence-electron chi connectivity index (χ4n) is 2.92. The summed E-state index contributed by atoms with van der Waals surface area (Å²) in [5.74, 6) is 2.37.